The average molecular weight is 289 g/mol. The SMILES string of the molecule is CC(C)(C)OC(=O)N(C/C=C/S)C(=O)OC(C)(C)C. The molecule has 0 atom stereocenters. The topological polar surface area (TPSA) is 55.8 Å². The molecule has 0 aromatic carbocycles. The zero-order valence-electron chi connectivity index (χ0n) is 12.4. The highest BCUT2D eigenvalue weighted by molar-refractivity contribution is 7.83. The lowest BCUT2D eigenvalue weighted by atomic mass is 10.2. The van der Waals surface area contributed by atoms with Gasteiger partial charge < -0.3 is 9.47 Å². The van der Waals surface area contributed by atoms with Gasteiger partial charge in [-0.2, -0.15) is 12.6 Å². The molecule has 0 spiro atoms. The summed E-state index contributed by atoms with van der Waals surface area (Å²) >= 11 is 3.89. The van der Waals surface area contributed by atoms with Crippen LogP contribution in [0, 0.1) is 0 Å². The van der Waals surface area contributed by atoms with E-state index in [1.165, 1.54) is 5.41 Å². The van der Waals surface area contributed by atoms with Gasteiger partial charge in [-0.05, 0) is 47.0 Å². The molecule has 6 heteroatoms. The summed E-state index contributed by atoms with van der Waals surface area (Å²) in [6.07, 6.45) is 0.0677. The Morgan fingerprint density at radius 2 is 1.37 bits per heavy atom. The Kier molecular flexibility index (Phi) is 6.42. The van der Waals surface area contributed by atoms with E-state index in [0.717, 1.165) is 4.90 Å². The van der Waals surface area contributed by atoms with Crippen molar-refractivity contribution >= 4 is 24.8 Å². The number of carbonyl (C=O) groups is 2. The highest BCUT2D eigenvalue weighted by Crippen LogP contribution is 2.14. The Morgan fingerprint density at radius 3 is 1.63 bits per heavy atom. The highest BCUT2D eigenvalue weighted by atomic mass is 32.1. The Balaban J connectivity index is 4.90. The first-order valence-corrected chi connectivity index (χ1v) is 6.50. The molecule has 0 saturated carbocycles. The maximum absolute atomic E-state index is 11.9. The third-order valence-electron chi connectivity index (χ3n) is 1.62. The van der Waals surface area contributed by atoms with Crippen molar-refractivity contribution in [3.8, 4) is 0 Å². The Hall–Kier alpha value is -1.17. The fourth-order valence-corrected chi connectivity index (χ4v) is 1.10. The molecule has 0 fully saturated rings. The van der Waals surface area contributed by atoms with Crippen molar-refractivity contribution in [1.82, 2.24) is 4.90 Å². The van der Waals surface area contributed by atoms with Gasteiger partial charge in [-0.3, -0.25) is 0 Å². The largest absolute Gasteiger partial charge is 0.443 e. The summed E-state index contributed by atoms with van der Waals surface area (Å²) in [6.45, 7) is 10.4. The van der Waals surface area contributed by atoms with Gasteiger partial charge >= 0.3 is 12.2 Å². The van der Waals surface area contributed by atoms with Crippen LogP contribution in [0.25, 0.3) is 0 Å². The molecule has 0 rings (SSSR count). The molecule has 5 nitrogen and oxygen atoms in total. The van der Waals surface area contributed by atoms with Crippen LogP contribution < -0.4 is 0 Å². The quantitative estimate of drug-likeness (QED) is 0.789. The summed E-state index contributed by atoms with van der Waals surface area (Å²) in [6, 6.07) is 0. The van der Waals surface area contributed by atoms with Crippen molar-refractivity contribution < 1.29 is 19.1 Å². The molecule has 0 aromatic heterocycles. The van der Waals surface area contributed by atoms with Gasteiger partial charge in [-0.25, -0.2) is 14.5 Å². The second-order valence-corrected chi connectivity index (χ2v) is 6.25. The van der Waals surface area contributed by atoms with Crippen molar-refractivity contribution in [2.75, 3.05) is 6.54 Å². The van der Waals surface area contributed by atoms with E-state index in [1.807, 2.05) is 0 Å². The van der Waals surface area contributed by atoms with Crippen LogP contribution in [0.15, 0.2) is 11.5 Å². The predicted molar refractivity (Wildman–Crippen MR) is 77.3 cm³/mol. The minimum Gasteiger partial charge on any atom is -0.443 e. The molecule has 110 valence electrons. The number of ether oxygens (including phenoxy) is 2. The van der Waals surface area contributed by atoms with E-state index < -0.39 is 23.4 Å². The van der Waals surface area contributed by atoms with Crippen LogP contribution in [0.4, 0.5) is 9.59 Å². The van der Waals surface area contributed by atoms with Crippen LogP contribution in [0.3, 0.4) is 0 Å². The summed E-state index contributed by atoms with van der Waals surface area (Å²) in [7, 11) is 0. The molecule has 0 aliphatic heterocycles. The van der Waals surface area contributed by atoms with E-state index in [2.05, 4.69) is 12.6 Å². The lowest BCUT2D eigenvalue weighted by Gasteiger charge is -2.27. The molecular weight excluding hydrogens is 266 g/mol. The number of hydrogen-bond donors (Lipinski definition) is 1. The number of imide groups is 1. The molecule has 0 bridgehead atoms. The van der Waals surface area contributed by atoms with Crippen molar-refractivity contribution in [2.24, 2.45) is 0 Å². The molecule has 19 heavy (non-hydrogen) atoms. The van der Waals surface area contributed by atoms with E-state index >= 15 is 0 Å². The number of nitrogens with zero attached hydrogens (tertiary/aromatic N) is 1. The highest BCUT2D eigenvalue weighted by Gasteiger charge is 2.30. The Labute approximate surface area is 120 Å². The third kappa shape index (κ3) is 8.53. The minimum atomic E-state index is -0.742. The molecule has 0 heterocycles. The predicted octanol–water partition coefficient (Wildman–Crippen LogP) is 3.60. The molecule has 0 saturated heterocycles. The smallest absolute Gasteiger partial charge is 0.420 e. The second kappa shape index (κ2) is 6.84. The molecule has 0 N–H and O–H groups in total. The fourth-order valence-electron chi connectivity index (χ4n) is 1.01. The Bertz CT molecular complexity index is 325. The lowest BCUT2D eigenvalue weighted by Crippen LogP contribution is -2.43. The number of rotatable bonds is 2. The first-order chi connectivity index (χ1) is 8.46. The summed E-state index contributed by atoms with van der Waals surface area (Å²) in [5.74, 6) is 0. The van der Waals surface area contributed by atoms with E-state index in [0.29, 0.717) is 0 Å². The summed E-state index contributed by atoms with van der Waals surface area (Å²) in [5.41, 5.74) is -1.36. The van der Waals surface area contributed by atoms with Gasteiger partial charge in [0.05, 0.1) is 6.54 Å². The lowest BCUT2D eigenvalue weighted by molar-refractivity contribution is 0.00375. The maximum Gasteiger partial charge on any atom is 0.420 e. The summed E-state index contributed by atoms with van der Waals surface area (Å²) < 4.78 is 10.3. The number of amides is 2. The molecule has 0 unspecified atom stereocenters. The molecule has 0 aliphatic carbocycles. The third-order valence-corrected chi connectivity index (χ3v) is 1.83. The zero-order valence-corrected chi connectivity index (χ0v) is 13.3. The van der Waals surface area contributed by atoms with Crippen LogP contribution in [-0.4, -0.2) is 34.8 Å². The van der Waals surface area contributed by atoms with Gasteiger partial charge in [0.1, 0.15) is 11.2 Å². The van der Waals surface area contributed by atoms with Gasteiger partial charge in [0.2, 0.25) is 0 Å². The number of carbonyl (C=O) groups excluding carboxylic acids is 2. The first-order valence-electron chi connectivity index (χ1n) is 5.99. The molecule has 2 amide bonds. The maximum atomic E-state index is 11.9. The van der Waals surface area contributed by atoms with E-state index in [-0.39, 0.29) is 6.54 Å². The summed E-state index contributed by atoms with van der Waals surface area (Å²) in [5, 5.41) is 1.45. The van der Waals surface area contributed by atoms with Crippen LogP contribution in [-0.2, 0) is 9.47 Å². The van der Waals surface area contributed by atoms with Crippen molar-refractivity contribution in [3.63, 3.8) is 0 Å². The molecular formula is C13H23NO4S. The average Bonchev–Trinajstić information content (AvgIpc) is 2.12. The van der Waals surface area contributed by atoms with Gasteiger partial charge in [0.25, 0.3) is 0 Å². The first kappa shape index (κ1) is 17.8. The van der Waals surface area contributed by atoms with Crippen LogP contribution in [0.2, 0.25) is 0 Å². The number of hydrogen-bond acceptors (Lipinski definition) is 5. The van der Waals surface area contributed by atoms with Crippen LogP contribution >= 0.6 is 12.6 Å². The van der Waals surface area contributed by atoms with E-state index in [4.69, 9.17) is 9.47 Å². The standard InChI is InChI=1S/C13H23NO4S/c1-12(2,3)17-10(15)14(8-7-9-19)11(16)18-13(4,5)6/h7,9,19H,8H2,1-6H3/b9-7+. The van der Waals surface area contributed by atoms with Gasteiger partial charge in [-0.15, -0.1) is 0 Å². The normalized spacial score (nSPS) is 12.4. The van der Waals surface area contributed by atoms with Gasteiger partial charge in [0, 0.05) is 0 Å². The van der Waals surface area contributed by atoms with Crippen LogP contribution in [0.5, 0.6) is 0 Å². The van der Waals surface area contributed by atoms with Crippen molar-refractivity contribution in [2.45, 2.75) is 52.7 Å². The van der Waals surface area contributed by atoms with Crippen molar-refractivity contribution in [3.05, 3.63) is 11.5 Å². The van der Waals surface area contributed by atoms with Gasteiger partial charge in [-0.1, -0.05) is 6.08 Å². The molecule has 0 aromatic rings. The summed E-state index contributed by atoms with van der Waals surface area (Å²) in [4.78, 5) is 24.8. The zero-order chi connectivity index (χ0) is 15.3. The second-order valence-electron chi connectivity index (χ2n) is 5.96. The molecule has 0 radical (unpaired) electrons. The van der Waals surface area contributed by atoms with Crippen LogP contribution in [0.1, 0.15) is 41.5 Å². The van der Waals surface area contributed by atoms with Gasteiger partial charge in [0.15, 0.2) is 0 Å². The minimum absolute atomic E-state index is 0.0489. The Morgan fingerprint density at radius 1 is 1.00 bits per heavy atom. The monoisotopic (exact) mass is 289 g/mol. The fraction of sp³-hybridized carbons (Fsp3) is 0.692. The van der Waals surface area contributed by atoms with E-state index in [1.54, 1.807) is 47.6 Å². The molecule has 0 aliphatic rings. The van der Waals surface area contributed by atoms with E-state index in [9.17, 15) is 9.59 Å². The number of thiol groups is 1. The van der Waals surface area contributed by atoms with Crippen molar-refractivity contribution in [1.29, 1.82) is 0 Å².